The van der Waals surface area contributed by atoms with Crippen molar-refractivity contribution >= 4 is 56.4 Å². The lowest BCUT2D eigenvalue weighted by Crippen LogP contribution is -2.52. The second-order valence-corrected chi connectivity index (χ2v) is 8.77. The minimum Gasteiger partial charge on any atom is -0.356 e. The van der Waals surface area contributed by atoms with E-state index in [0.717, 1.165) is 49.5 Å². The van der Waals surface area contributed by atoms with Crippen molar-refractivity contribution in [1.29, 1.82) is 0 Å². The summed E-state index contributed by atoms with van der Waals surface area (Å²) in [5, 5.41) is 4.24. The fourth-order valence-corrected chi connectivity index (χ4v) is 3.96. The molecule has 1 fully saturated rings. The normalized spacial score (nSPS) is 15.9. The van der Waals surface area contributed by atoms with Gasteiger partial charge in [0.2, 0.25) is 5.13 Å². The van der Waals surface area contributed by atoms with Crippen LogP contribution in [0.2, 0.25) is 0 Å². The van der Waals surface area contributed by atoms with Crippen molar-refractivity contribution in [2.24, 2.45) is 4.99 Å². The van der Waals surface area contributed by atoms with Crippen LogP contribution in [0.3, 0.4) is 0 Å². The van der Waals surface area contributed by atoms with Crippen LogP contribution < -0.4 is 10.2 Å². The molecule has 0 saturated carbocycles. The molecule has 0 amide bonds. The zero-order valence-corrected chi connectivity index (χ0v) is 18.9. The Hall–Kier alpha value is -0.690. The molecule has 144 valence electrons. The lowest BCUT2D eigenvalue weighted by molar-refractivity contribution is 0.372. The number of rotatable bonds is 6. The van der Waals surface area contributed by atoms with Crippen LogP contribution in [-0.4, -0.2) is 80.4 Å². The number of anilines is 1. The van der Waals surface area contributed by atoms with Crippen LogP contribution in [0.4, 0.5) is 5.13 Å². The highest BCUT2D eigenvalue weighted by Crippen LogP contribution is 2.19. The van der Waals surface area contributed by atoms with Crippen molar-refractivity contribution in [3.05, 3.63) is 5.82 Å². The van der Waals surface area contributed by atoms with Gasteiger partial charge in [-0.25, -0.2) is 13.4 Å². The second-order valence-electron chi connectivity index (χ2n) is 5.78. The first-order valence-electron chi connectivity index (χ1n) is 8.13. The number of aromatic nitrogens is 2. The molecule has 0 spiro atoms. The van der Waals surface area contributed by atoms with Gasteiger partial charge in [0, 0.05) is 64.0 Å². The number of piperazine rings is 1. The Balaban J connectivity index is 0.00000312. The molecule has 0 atom stereocenters. The summed E-state index contributed by atoms with van der Waals surface area (Å²) in [5.41, 5.74) is 0. The lowest BCUT2D eigenvalue weighted by Gasteiger charge is -2.36. The number of hydrogen-bond donors (Lipinski definition) is 1. The number of aryl methyl sites for hydroxylation is 1. The Morgan fingerprint density at radius 1 is 1.32 bits per heavy atom. The monoisotopic (exact) mass is 502 g/mol. The highest BCUT2D eigenvalue weighted by atomic mass is 127. The molecule has 0 bridgehead atoms. The van der Waals surface area contributed by atoms with Crippen LogP contribution in [0.15, 0.2) is 4.99 Å². The topological polar surface area (TPSA) is 90.8 Å². The molecule has 1 aromatic rings. The average molecular weight is 502 g/mol. The van der Waals surface area contributed by atoms with Crippen LogP contribution in [0.25, 0.3) is 0 Å². The van der Waals surface area contributed by atoms with E-state index >= 15 is 0 Å². The molecular formula is C14H27IN6O2S2. The predicted octanol–water partition coefficient (Wildman–Crippen LogP) is 0.851. The molecule has 1 aliphatic heterocycles. The van der Waals surface area contributed by atoms with E-state index in [4.69, 9.17) is 0 Å². The Labute approximate surface area is 171 Å². The first-order valence-corrected chi connectivity index (χ1v) is 11.0. The first-order chi connectivity index (χ1) is 11.4. The number of aliphatic imine (C=N–C) groups is 1. The minimum absolute atomic E-state index is 0. The van der Waals surface area contributed by atoms with Crippen molar-refractivity contribution in [1.82, 2.24) is 19.6 Å². The van der Waals surface area contributed by atoms with Crippen LogP contribution in [0, 0.1) is 0 Å². The van der Waals surface area contributed by atoms with Gasteiger partial charge in [-0.3, -0.25) is 4.99 Å². The second kappa shape index (κ2) is 10.5. The van der Waals surface area contributed by atoms with Gasteiger partial charge in [0.15, 0.2) is 5.96 Å². The van der Waals surface area contributed by atoms with Crippen molar-refractivity contribution in [3.8, 4) is 0 Å². The third-order valence-electron chi connectivity index (χ3n) is 3.81. The van der Waals surface area contributed by atoms with Crippen LogP contribution in [0.5, 0.6) is 0 Å². The van der Waals surface area contributed by atoms with E-state index in [0.29, 0.717) is 13.0 Å². The molecule has 1 aliphatic rings. The average Bonchev–Trinajstić information content (AvgIpc) is 3.03. The van der Waals surface area contributed by atoms with Crippen LogP contribution in [0.1, 0.15) is 19.2 Å². The number of halogens is 1. The van der Waals surface area contributed by atoms with Gasteiger partial charge in [-0.15, -0.1) is 24.0 Å². The Morgan fingerprint density at radius 2 is 2.00 bits per heavy atom. The highest BCUT2D eigenvalue weighted by Gasteiger charge is 2.21. The summed E-state index contributed by atoms with van der Waals surface area (Å²) >= 11 is 1.46. The smallest absolute Gasteiger partial charge is 0.205 e. The molecule has 8 nitrogen and oxygen atoms in total. The molecule has 1 saturated heterocycles. The summed E-state index contributed by atoms with van der Waals surface area (Å²) in [4.78, 5) is 13.3. The molecule has 1 N–H and O–H groups in total. The van der Waals surface area contributed by atoms with E-state index < -0.39 is 9.84 Å². The molecule has 0 unspecified atom stereocenters. The van der Waals surface area contributed by atoms with Crippen LogP contribution in [-0.2, 0) is 16.3 Å². The first kappa shape index (κ1) is 22.4. The minimum atomic E-state index is -2.90. The maximum Gasteiger partial charge on any atom is 0.205 e. The van der Waals surface area contributed by atoms with Gasteiger partial charge >= 0.3 is 0 Å². The highest BCUT2D eigenvalue weighted by molar-refractivity contribution is 14.0. The van der Waals surface area contributed by atoms with Gasteiger partial charge in [0.05, 0.1) is 5.75 Å². The number of hydrogen-bond acceptors (Lipinski definition) is 7. The zero-order valence-electron chi connectivity index (χ0n) is 14.9. The van der Waals surface area contributed by atoms with Crippen molar-refractivity contribution in [2.75, 3.05) is 56.7 Å². The molecule has 1 aromatic heterocycles. The quantitative estimate of drug-likeness (QED) is 0.267. The van der Waals surface area contributed by atoms with E-state index in [1.54, 1.807) is 7.05 Å². The summed E-state index contributed by atoms with van der Waals surface area (Å²) in [6, 6.07) is 0. The van der Waals surface area contributed by atoms with Gasteiger partial charge in [0.25, 0.3) is 0 Å². The predicted molar refractivity (Wildman–Crippen MR) is 114 cm³/mol. The molecule has 0 radical (unpaired) electrons. The summed E-state index contributed by atoms with van der Waals surface area (Å²) < 4.78 is 26.7. The van der Waals surface area contributed by atoms with Gasteiger partial charge in [-0.2, -0.15) is 4.37 Å². The molecule has 2 rings (SSSR count). The Bertz CT molecular complexity index is 656. The Morgan fingerprint density at radius 3 is 2.52 bits per heavy atom. The summed E-state index contributed by atoms with van der Waals surface area (Å²) in [6.07, 6.45) is 2.71. The molecule has 2 heterocycles. The zero-order chi connectivity index (χ0) is 17.6. The van der Waals surface area contributed by atoms with E-state index in [1.807, 2.05) is 0 Å². The summed E-state index contributed by atoms with van der Waals surface area (Å²) in [7, 11) is -1.15. The number of nitrogens with zero attached hydrogens (tertiary/aromatic N) is 5. The van der Waals surface area contributed by atoms with Crippen molar-refractivity contribution < 1.29 is 8.42 Å². The van der Waals surface area contributed by atoms with E-state index in [-0.39, 0.29) is 29.7 Å². The van der Waals surface area contributed by atoms with E-state index in [2.05, 4.69) is 36.4 Å². The summed E-state index contributed by atoms with van der Waals surface area (Å²) in [6.45, 7) is 6.13. The molecular weight excluding hydrogens is 475 g/mol. The number of nitrogens with one attached hydrogen (secondary N) is 1. The maximum absolute atomic E-state index is 11.2. The number of guanidine groups is 1. The largest absolute Gasteiger partial charge is 0.356 e. The molecule has 25 heavy (non-hydrogen) atoms. The molecule has 0 aliphatic carbocycles. The van der Waals surface area contributed by atoms with Gasteiger partial charge in [-0.1, -0.05) is 6.92 Å². The third kappa shape index (κ3) is 7.21. The van der Waals surface area contributed by atoms with Crippen molar-refractivity contribution in [2.45, 2.75) is 19.8 Å². The summed E-state index contributed by atoms with van der Waals surface area (Å²) in [5.74, 6) is 1.93. The lowest BCUT2D eigenvalue weighted by atomic mass is 10.3. The van der Waals surface area contributed by atoms with Gasteiger partial charge in [0.1, 0.15) is 15.7 Å². The third-order valence-corrected chi connectivity index (χ3v) is 5.66. The SMILES string of the molecule is CCc1nsc(N2CCN(C(=NC)NCCCS(C)(=O)=O)CC2)n1.I. The fraction of sp³-hybridized carbons (Fsp3) is 0.786. The van der Waals surface area contributed by atoms with E-state index in [9.17, 15) is 8.42 Å². The molecule has 0 aromatic carbocycles. The number of sulfone groups is 1. The maximum atomic E-state index is 11.2. The van der Waals surface area contributed by atoms with Gasteiger partial charge in [-0.05, 0) is 6.42 Å². The fourth-order valence-electron chi connectivity index (χ4n) is 2.49. The van der Waals surface area contributed by atoms with Crippen molar-refractivity contribution in [3.63, 3.8) is 0 Å². The standard InChI is InChI=1S/C14H26N6O2S2.HI/c1-4-12-17-14(23-18-12)20-9-7-19(8-10-20)13(15-2)16-6-5-11-24(3,21)22;/h4-11H2,1-3H3,(H,15,16);1H. The van der Waals surface area contributed by atoms with Crippen LogP contribution >= 0.6 is 35.5 Å². The van der Waals surface area contributed by atoms with E-state index in [1.165, 1.54) is 17.8 Å². The van der Waals surface area contributed by atoms with Gasteiger partial charge < -0.3 is 15.1 Å². The molecule has 11 heteroatoms. The Kier molecular flexibility index (Phi) is 9.35.